The van der Waals surface area contributed by atoms with Gasteiger partial charge in [-0.25, -0.2) is 14.3 Å². The molecule has 3 aromatic heterocycles. The molecule has 0 radical (unpaired) electrons. The molecule has 0 unspecified atom stereocenters. The molecule has 1 fully saturated rings. The first-order chi connectivity index (χ1) is 16.5. The minimum Gasteiger partial charge on any atom is -0.488 e. The molecular weight excluding hydrogens is 434 g/mol. The highest BCUT2D eigenvalue weighted by atomic mass is 16.5. The number of pyridine rings is 1. The second-order valence-electron chi connectivity index (χ2n) is 8.96. The first-order valence-corrected chi connectivity index (χ1v) is 12.2. The summed E-state index contributed by atoms with van der Waals surface area (Å²) in [4.78, 5) is 16.2. The molecule has 1 saturated carbocycles. The average Bonchev–Trinajstić information content (AvgIpc) is 3.45. The van der Waals surface area contributed by atoms with E-state index in [1.54, 1.807) is 4.68 Å². The van der Waals surface area contributed by atoms with Crippen LogP contribution in [-0.2, 0) is 31.2 Å². The highest BCUT2D eigenvalue weighted by Crippen LogP contribution is 2.31. The maximum atomic E-state index is 11.4. The Morgan fingerprint density at radius 2 is 2.06 bits per heavy atom. The van der Waals surface area contributed by atoms with Crippen LogP contribution in [0.15, 0.2) is 18.3 Å². The van der Waals surface area contributed by atoms with E-state index in [9.17, 15) is 9.90 Å². The van der Waals surface area contributed by atoms with Crippen LogP contribution in [0.1, 0.15) is 69.5 Å². The number of carboxylic acid groups (broad SMARTS) is 1. The van der Waals surface area contributed by atoms with E-state index in [2.05, 4.69) is 27.5 Å². The summed E-state index contributed by atoms with van der Waals surface area (Å²) in [5.41, 5.74) is 4.14. The quantitative estimate of drug-likeness (QED) is 0.481. The molecule has 0 aromatic carbocycles. The van der Waals surface area contributed by atoms with E-state index in [1.807, 2.05) is 37.0 Å². The van der Waals surface area contributed by atoms with Crippen LogP contribution >= 0.6 is 0 Å². The number of carboxylic acids is 1. The fourth-order valence-electron chi connectivity index (χ4n) is 4.43. The zero-order chi connectivity index (χ0) is 24.1. The summed E-state index contributed by atoms with van der Waals surface area (Å²) in [6, 6.07) is 3.82. The Morgan fingerprint density at radius 3 is 2.82 bits per heavy atom. The molecule has 182 valence electrons. The van der Waals surface area contributed by atoms with Gasteiger partial charge >= 0.3 is 5.97 Å². The van der Waals surface area contributed by atoms with E-state index in [-0.39, 0.29) is 12.0 Å². The third-order valence-electron chi connectivity index (χ3n) is 6.41. The summed E-state index contributed by atoms with van der Waals surface area (Å²) in [7, 11) is 1.86. The van der Waals surface area contributed by atoms with E-state index in [1.165, 1.54) is 0 Å². The first kappa shape index (κ1) is 23.8. The van der Waals surface area contributed by atoms with Crippen LogP contribution in [0.4, 0.5) is 0 Å². The van der Waals surface area contributed by atoms with Crippen LogP contribution in [0.3, 0.4) is 0 Å². The van der Waals surface area contributed by atoms with Crippen LogP contribution in [0.2, 0.25) is 0 Å². The molecule has 10 heteroatoms. The average molecular weight is 468 g/mol. The Hall–Kier alpha value is -3.30. The summed E-state index contributed by atoms with van der Waals surface area (Å²) in [6.07, 6.45) is 8.67. The van der Waals surface area contributed by atoms with Crippen molar-refractivity contribution in [1.29, 1.82) is 0 Å². The van der Waals surface area contributed by atoms with Crippen LogP contribution in [0, 0.1) is 5.92 Å². The van der Waals surface area contributed by atoms with Gasteiger partial charge in [0, 0.05) is 13.2 Å². The maximum Gasteiger partial charge on any atom is 0.306 e. The smallest absolute Gasteiger partial charge is 0.306 e. The Bertz CT molecular complexity index is 1120. The van der Waals surface area contributed by atoms with Crippen molar-refractivity contribution in [3.63, 3.8) is 0 Å². The van der Waals surface area contributed by atoms with Gasteiger partial charge in [-0.15, -0.1) is 10.2 Å². The highest BCUT2D eigenvalue weighted by molar-refractivity contribution is 5.70. The molecule has 0 saturated heterocycles. The summed E-state index contributed by atoms with van der Waals surface area (Å²) in [6.45, 7) is 4.69. The lowest BCUT2D eigenvalue weighted by molar-refractivity contribution is -0.143. The SMILES string of the molecule is CCCCc1cn(Cc2c(-c3ccc(O[C@H]4CCC[C@H](C(=O)O)C4)c(CC)n3)nnn2C)nn1. The molecule has 0 aliphatic heterocycles. The molecule has 3 aromatic rings. The Kier molecular flexibility index (Phi) is 7.54. The molecule has 4 rings (SSSR count). The first-order valence-electron chi connectivity index (χ1n) is 12.2. The van der Waals surface area contributed by atoms with Crippen molar-refractivity contribution >= 4 is 5.97 Å². The Labute approximate surface area is 199 Å². The number of carbonyl (C=O) groups is 1. The maximum absolute atomic E-state index is 11.4. The van der Waals surface area contributed by atoms with Crippen molar-refractivity contribution in [3.8, 4) is 17.1 Å². The van der Waals surface area contributed by atoms with Crippen LogP contribution in [0.5, 0.6) is 5.75 Å². The van der Waals surface area contributed by atoms with Gasteiger partial charge < -0.3 is 9.84 Å². The molecule has 1 aliphatic rings. The van der Waals surface area contributed by atoms with Gasteiger partial charge in [-0.3, -0.25) is 4.79 Å². The van der Waals surface area contributed by atoms with Gasteiger partial charge in [-0.05, 0) is 57.1 Å². The Balaban J connectivity index is 1.53. The van der Waals surface area contributed by atoms with E-state index in [0.717, 1.165) is 54.9 Å². The zero-order valence-corrected chi connectivity index (χ0v) is 20.1. The number of aliphatic carboxylic acids is 1. The molecule has 1 N–H and O–H groups in total. The molecule has 0 bridgehead atoms. The van der Waals surface area contributed by atoms with Gasteiger partial charge in [0.05, 0.1) is 41.3 Å². The minimum atomic E-state index is -0.738. The van der Waals surface area contributed by atoms with E-state index in [4.69, 9.17) is 9.72 Å². The van der Waals surface area contributed by atoms with E-state index < -0.39 is 5.97 Å². The van der Waals surface area contributed by atoms with Gasteiger partial charge in [-0.2, -0.15) is 0 Å². The largest absolute Gasteiger partial charge is 0.488 e. The van der Waals surface area contributed by atoms with Gasteiger partial charge in [0.15, 0.2) is 0 Å². The molecule has 0 amide bonds. The predicted molar refractivity (Wildman–Crippen MR) is 125 cm³/mol. The van der Waals surface area contributed by atoms with E-state index in [0.29, 0.717) is 37.3 Å². The molecule has 10 nitrogen and oxygen atoms in total. The zero-order valence-electron chi connectivity index (χ0n) is 20.1. The van der Waals surface area contributed by atoms with Crippen LogP contribution in [-0.4, -0.2) is 52.2 Å². The minimum absolute atomic E-state index is 0.103. The second-order valence-corrected chi connectivity index (χ2v) is 8.96. The summed E-state index contributed by atoms with van der Waals surface area (Å²) in [5.74, 6) is -0.361. The van der Waals surface area contributed by atoms with Gasteiger partial charge in [0.1, 0.15) is 11.4 Å². The van der Waals surface area contributed by atoms with Crippen molar-refractivity contribution in [2.24, 2.45) is 13.0 Å². The third kappa shape index (κ3) is 5.43. The number of hydrogen-bond acceptors (Lipinski definition) is 7. The van der Waals surface area contributed by atoms with Crippen molar-refractivity contribution in [2.75, 3.05) is 0 Å². The van der Waals surface area contributed by atoms with Crippen molar-refractivity contribution in [1.82, 2.24) is 35.0 Å². The van der Waals surface area contributed by atoms with Crippen molar-refractivity contribution < 1.29 is 14.6 Å². The monoisotopic (exact) mass is 467 g/mol. The fraction of sp³-hybridized carbons (Fsp3) is 0.583. The molecular formula is C24H33N7O3. The van der Waals surface area contributed by atoms with Crippen LogP contribution < -0.4 is 4.74 Å². The van der Waals surface area contributed by atoms with Crippen molar-refractivity contribution in [2.45, 2.75) is 77.9 Å². The lowest BCUT2D eigenvalue weighted by Gasteiger charge is -2.28. The van der Waals surface area contributed by atoms with Crippen LogP contribution in [0.25, 0.3) is 11.4 Å². The fourth-order valence-corrected chi connectivity index (χ4v) is 4.43. The number of unbranched alkanes of at least 4 members (excludes halogenated alkanes) is 1. The highest BCUT2D eigenvalue weighted by Gasteiger charge is 2.28. The summed E-state index contributed by atoms with van der Waals surface area (Å²) in [5, 5.41) is 26.5. The summed E-state index contributed by atoms with van der Waals surface area (Å²) >= 11 is 0. The lowest BCUT2D eigenvalue weighted by Crippen LogP contribution is -2.29. The van der Waals surface area contributed by atoms with Gasteiger partial charge in [-0.1, -0.05) is 30.7 Å². The molecule has 2 atom stereocenters. The van der Waals surface area contributed by atoms with Gasteiger partial charge in [0.2, 0.25) is 0 Å². The Morgan fingerprint density at radius 1 is 1.21 bits per heavy atom. The summed E-state index contributed by atoms with van der Waals surface area (Å²) < 4.78 is 9.78. The molecule has 0 spiro atoms. The van der Waals surface area contributed by atoms with Gasteiger partial charge in [0.25, 0.3) is 0 Å². The lowest BCUT2D eigenvalue weighted by atomic mass is 9.87. The number of aromatic nitrogens is 7. The second kappa shape index (κ2) is 10.8. The number of hydrogen-bond donors (Lipinski definition) is 1. The molecule has 1 aliphatic carbocycles. The predicted octanol–water partition coefficient (Wildman–Crippen LogP) is 3.44. The number of aryl methyl sites for hydroxylation is 3. The normalized spacial score (nSPS) is 18.2. The van der Waals surface area contributed by atoms with Crippen molar-refractivity contribution in [3.05, 3.63) is 35.4 Å². The topological polar surface area (TPSA) is 121 Å². The van der Waals surface area contributed by atoms with E-state index >= 15 is 0 Å². The number of nitrogens with zero attached hydrogens (tertiary/aromatic N) is 7. The molecule has 34 heavy (non-hydrogen) atoms. The standard InChI is InChI=1S/C24H33N7O3/c1-4-6-9-17-14-31(29-26-17)15-21-23(27-28-30(21)3)20-11-12-22(19(5-2)25-20)34-18-10-7-8-16(13-18)24(32)33/h11-12,14,16,18H,4-10,13,15H2,1-3H3,(H,32,33)/t16-,18-/m0/s1. The third-order valence-corrected chi connectivity index (χ3v) is 6.41. The molecule has 3 heterocycles. The number of ether oxygens (including phenoxy) is 1. The number of rotatable bonds is 10.